The van der Waals surface area contributed by atoms with E-state index in [0.29, 0.717) is 15.8 Å². The third kappa shape index (κ3) is 1.71. The number of nitrogen functional groups attached to an aromatic ring is 1. The molecule has 1 aliphatic heterocycles. The molecule has 1 heterocycles. The molecular formula is C11H11BrN2O2. The lowest BCUT2D eigenvalue weighted by Crippen LogP contribution is -2.30. The highest BCUT2D eigenvalue weighted by Gasteiger charge is 2.37. The van der Waals surface area contributed by atoms with Gasteiger partial charge in [0.2, 0.25) is 11.8 Å². The van der Waals surface area contributed by atoms with Gasteiger partial charge in [0.05, 0.1) is 5.69 Å². The Bertz CT molecular complexity index is 473. The maximum Gasteiger partial charge on any atom is 0.237 e. The van der Waals surface area contributed by atoms with Crippen molar-refractivity contribution in [3.63, 3.8) is 0 Å². The van der Waals surface area contributed by atoms with E-state index >= 15 is 0 Å². The van der Waals surface area contributed by atoms with E-state index in [0.717, 1.165) is 0 Å². The molecule has 1 aromatic rings. The molecule has 1 unspecified atom stereocenters. The van der Waals surface area contributed by atoms with Gasteiger partial charge in [-0.15, -0.1) is 0 Å². The van der Waals surface area contributed by atoms with Crippen LogP contribution in [0.3, 0.4) is 0 Å². The Morgan fingerprint density at radius 3 is 2.69 bits per heavy atom. The van der Waals surface area contributed by atoms with Crippen LogP contribution in [0.5, 0.6) is 0 Å². The molecule has 1 aliphatic rings. The van der Waals surface area contributed by atoms with E-state index in [2.05, 4.69) is 15.9 Å². The van der Waals surface area contributed by atoms with Crippen LogP contribution in [0.1, 0.15) is 13.3 Å². The van der Waals surface area contributed by atoms with Crippen LogP contribution in [0.2, 0.25) is 0 Å². The zero-order valence-electron chi connectivity index (χ0n) is 8.74. The SMILES string of the molecule is CC1CC(=O)N(c2cc(N)ccc2Br)C1=O. The Kier molecular flexibility index (Phi) is 2.71. The Morgan fingerprint density at radius 1 is 1.44 bits per heavy atom. The number of nitrogens with zero attached hydrogens (tertiary/aromatic N) is 1. The second-order valence-electron chi connectivity index (χ2n) is 3.88. The highest BCUT2D eigenvalue weighted by molar-refractivity contribution is 9.10. The highest BCUT2D eigenvalue weighted by atomic mass is 79.9. The largest absolute Gasteiger partial charge is 0.399 e. The number of imide groups is 1. The van der Waals surface area contributed by atoms with Gasteiger partial charge in [0.25, 0.3) is 0 Å². The van der Waals surface area contributed by atoms with Crippen molar-refractivity contribution < 1.29 is 9.59 Å². The highest BCUT2D eigenvalue weighted by Crippen LogP contribution is 2.33. The number of rotatable bonds is 1. The van der Waals surface area contributed by atoms with Gasteiger partial charge in [-0.25, -0.2) is 4.90 Å². The number of carbonyl (C=O) groups excluding carboxylic acids is 2. The maximum absolute atomic E-state index is 11.8. The summed E-state index contributed by atoms with van der Waals surface area (Å²) in [6.45, 7) is 1.75. The summed E-state index contributed by atoms with van der Waals surface area (Å²) in [6.07, 6.45) is 0.264. The van der Waals surface area contributed by atoms with E-state index in [1.54, 1.807) is 25.1 Å². The molecule has 2 N–H and O–H groups in total. The lowest BCUT2D eigenvalue weighted by molar-refractivity contribution is -0.122. The minimum Gasteiger partial charge on any atom is -0.399 e. The zero-order chi connectivity index (χ0) is 11.9. The monoisotopic (exact) mass is 282 g/mol. The number of amides is 2. The fraction of sp³-hybridized carbons (Fsp3) is 0.273. The lowest BCUT2D eigenvalue weighted by atomic mass is 10.1. The summed E-state index contributed by atoms with van der Waals surface area (Å²) in [5.74, 6) is -0.596. The molecule has 5 heteroatoms. The average molecular weight is 283 g/mol. The van der Waals surface area contributed by atoms with Gasteiger partial charge >= 0.3 is 0 Å². The summed E-state index contributed by atoms with van der Waals surface area (Å²) in [6, 6.07) is 5.06. The van der Waals surface area contributed by atoms with E-state index in [1.807, 2.05) is 0 Å². The number of benzene rings is 1. The first-order valence-corrected chi connectivity index (χ1v) is 5.72. The molecule has 0 aromatic heterocycles. The standard InChI is InChI=1S/C11H11BrN2O2/c1-6-4-10(15)14(11(6)16)9-5-7(13)2-3-8(9)12/h2-3,5-6H,4,13H2,1H3. The topological polar surface area (TPSA) is 63.4 Å². The van der Waals surface area contributed by atoms with Crippen molar-refractivity contribution >= 4 is 39.1 Å². The van der Waals surface area contributed by atoms with Crippen LogP contribution in [0.25, 0.3) is 0 Å². The predicted molar refractivity (Wildman–Crippen MR) is 64.8 cm³/mol. The van der Waals surface area contributed by atoms with Crippen LogP contribution in [0.4, 0.5) is 11.4 Å². The molecule has 0 saturated carbocycles. The van der Waals surface area contributed by atoms with E-state index in [-0.39, 0.29) is 24.2 Å². The number of halogens is 1. The Balaban J connectivity index is 2.48. The summed E-state index contributed by atoms with van der Waals surface area (Å²) in [5.41, 5.74) is 6.70. The number of carbonyl (C=O) groups is 2. The molecule has 0 radical (unpaired) electrons. The zero-order valence-corrected chi connectivity index (χ0v) is 10.3. The van der Waals surface area contributed by atoms with Crippen molar-refractivity contribution in [3.8, 4) is 0 Å². The van der Waals surface area contributed by atoms with Crippen molar-refractivity contribution in [1.82, 2.24) is 0 Å². The molecule has 1 saturated heterocycles. The van der Waals surface area contributed by atoms with Gasteiger partial charge in [0.15, 0.2) is 0 Å². The normalized spacial score (nSPS) is 20.6. The van der Waals surface area contributed by atoms with Crippen LogP contribution in [0.15, 0.2) is 22.7 Å². The first-order valence-electron chi connectivity index (χ1n) is 4.92. The van der Waals surface area contributed by atoms with Crippen molar-refractivity contribution in [2.24, 2.45) is 5.92 Å². The van der Waals surface area contributed by atoms with Crippen molar-refractivity contribution in [3.05, 3.63) is 22.7 Å². The van der Waals surface area contributed by atoms with Gasteiger partial charge in [-0.2, -0.15) is 0 Å². The van der Waals surface area contributed by atoms with Crippen LogP contribution >= 0.6 is 15.9 Å². The number of hydrogen-bond donors (Lipinski definition) is 1. The molecule has 0 spiro atoms. The van der Waals surface area contributed by atoms with E-state index in [4.69, 9.17) is 5.73 Å². The van der Waals surface area contributed by atoms with Gasteiger partial charge in [-0.3, -0.25) is 9.59 Å². The van der Waals surface area contributed by atoms with E-state index in [9.17, 15) is 9.59 Å². The first kappa shape index (κ1) is 11.1. The third-order valence-electron chi connectivity index (χ3n) is 2.58. The van der Waals surface area contributed by atoms with Gasteiger partial charge < -0.3 is 5.73 Å². The van der Waals surface area contributed by atoms with Crippen molar-refractivity contribution in [1.29, 1.82) is 0 Å². The van der Waals surface area contributed by atoms with E-state index < -0.39 is 0 Å². The predicted octanol–water partition coefficient (Wildman–Crippen LogP) is 1.93. The minimum atomic E-state index is -0.249. The van der Waals surface area contributed by atoms with E-state index in [1.165, 1.54) is 4.90 Å². The summed E-state index contributed by atoms with van der Waals surface area (Å²) >= 11 is 3.31. The summed E-state index contributed by atoms with van der Waals surface area (Å²) < 4.78 is 0.692. The molecule has 1 atom stereocenters. The maximum atomic E-state index is 11.8. The van der Waals surface area contributed by atoms with Gasteiger partial charge in [0.1, 0.15) is 0 Å². The number of hydrogen-bond acceptors (Lipinski definition) is 3. The first-order chi connectivity index (χ1) is 7.50. The summed E-state index contributed by atoms with van der Waals surface area (Å²) in [5, 5.41) is 0. The molecular weight excluding hydrogens is 272 g/mol. The Hall–Kier alpha value is -1.36. The molecule has 0 bridgehead atoms. The Labute approximate surface area is 102 Å². The van der Waals surface area contributed by atoms with Crippen LogP contribution in [-0.4, -0.2) is 11.8 Å². The van der Waals surface area contributed by atoms with Crippen molar-refractivity contribution in [2.75, 3.05) is 10.6 Å². The van der Waals surface area contributed by atoms with Crippen LogP contribution in [-0.2, 0) is 9.59 Å². The quantitative estimate of drug-likeness (QED) is 0.632. The molecule has 2 amide bonds. The van der Waals surface area contributed by atoms with Gasteiger partial charge in [0, 0.05) is 22.5 Å². The van der Waals surface area contributed by atoms with Crippen LogP contribution in [0, 0.1) is 5.92 Å². The number of anilines is 2. The molecule has 1 fully saturated rings. The second kappa shape index (κ2) is 3.90. The van der Waals surface area contributed by atoms with Crippen molar-refractivity contribution in [2.45, 2.75) is 13.3 Å². The molecule has 84 valence electrons. The fourth-order valence-corrected chi connectivity index (χ4v) is 2.16. The Morgan fingerprint density at radius 2 is 2.12 bits per heavy atom. The summed E-state index contributed by atoms with van der Waals surface area (Å²) in [7, 11) is 0. The minimum absolute atomic E-state index is 0.170. The third-order valence-corrected chi connectivity index (χ3v) is 3.25. The lowest BCUT2D eigenvalue weighted by Gasteiger charge is -2.16. The number of nitrogens with two attached hydrogens (primary N) is 1. The van der Waals surface area contributed by atoms with Gasteiger partial charge in [-0.1, -0.05) is 6.92 Å². The molecule has 2 rings (SSSR count). The smallest absolute Gasteiger partial charge is 0.237 e. The fourth-order valence-electron chi connectivity index (χ4n) is 1.74. The van der Waals surface area contributed by atoms with Gasteiger partial charge in [-0.05, 0) is 34.1 Å². The average Bonchev–Trinajstić information content (AvgIpc) is 2.46. The second-order valence-corrected chi connectivity index (χ2v) is 4.74. The molecule has 16 heavy (non-hydrogen) atoms. The molecule has 1 aromatic carbocycles. The summed E-state index contributed by atoms with van der Waals surface area (Å²) in [4.78, 5) is 24.7. The molecule has 0 aliphatic carbocycles. The molecule has 4 nitrogen and oxygen atoms in total. The van der Waals surface area contributed by atoms with Crippen LogP contribution < -0.4 is 10.6 Å².